The summed E-state index contributed by atoms with van der Waals surface area (Å²) in [6.07, 6.45) is 3.72. The third-order valence-electron chi connectivity index (χ3n) is 3.54. The first kappa shape index (κ1) is 14.9. The van der Waals surface area contributed by atoms with Crippen molar-refractivity contribution in [3.05, 3.63) is 46.2 Å². The molecule has 1 amide bonds. The van der Waals surface area contributed by atoms with Crippen LogP contribution in [0.1, 0.15) is 15.9 Å². The van der Waals surface area contributed by atoms with Crippen molar-refractivity contribution in [3.63, 3.8) is 0 Å². The van der Waals surface area contributed by atoms with Crippen molar-refractivity contribution in [2.24, 2.45) is 7.05 Å². The monoisotopic (exact) mass is 362 g/mol. The lowest BCUT2D eigenvalue weighted by atomic mass is 10.1. The van der Waals surface area contributed by atoms with Crippen LogP contribution in [-0.4, -0.2) is 40.1 Å². The number of hydrogen-bond donors (Lipinski definition) is 0. The first-order valence-electron chi connectivity index (χ1n) is 6.78. The van der Waals surface area contributed by atoms with E-state index in [1.54, 1.807) is 23.0 Å². The lowest BCUT2D eigenvalue weighted by Crippen LogP contribution is -2.38. The van der Waals surface area contributed by atoms with Gasteiger partial charge in [-0.05, 0) is 35.1 Å². The summed E-state index contributed by atoms with van der Waals surface area (Å²) in [7, 11) is 3.76. The molecule has 1 aliphatic heterocycles. The molecule has 1 aliphatic rings. The minimum absolute atomic E-state index is 0.350. The Labute approximate surface area is 136 Å². The lowest BCUT2D eigenvalue weighted by Gasteiger charge is -2.24. The zero-order valence-corrected chi connectivity index (χ0v) is 13.9. The Bertz CT molecular complexity index is 756. The van der Waals surface area contributed by atoms with E-state index in [9.17, 15) is 9.59 Å². The summed E-state index contributed by atoms with van der Waals surface area (Å²) in [6.45, 7) is 0.998. The van der Waals surface area contributed by atoms with Crippen molar-refractivity contribution >= 4 is 33.3 Å². The van der Waals surface area contributed by atoms with Crippen LogP contribution in [0.2, 0.25) is 0 Å². The molecule has 2 aromatic rings. The van der Waals surface area contributed by atoms with E-state index in [-0.39, 0.29) is 0 Å². The number of nitrogens with zero attached hydrogens (tertiary/aromatic N) is 4. The summed E-state index contributed by atoms with van der Waals surface area (Å²) >= 11 is 3.34. The number of carbonyl (C=O) groups is 2. The average Bonchev–Trinajstić information content (AvgIpc) is 2.97. The molecule has 0 radical (unpaired) electrons. The number of ketones is 1. The highest BCUT2D eigenvalue weighted by Crippen LogP contribution is 2.34. The van der Waals surface area contributed by atoms with Crippen molar-refractivity contribution in [3.8, 4) is 0 Å². The molecule has 0 N–H and O–H groups in total. The molecule has 1 aromatic heterocycles. The van der Waals surface area contributed by atoms with Crippen LogP contribution in [0.5, 0.6) is 0 Å². The third-order valence-corrected chi connectivity index (χ3v) is 4.20. The van der Waals surface area contributed by atoms with Gasteiger partial charge in [-0.25, -0.2) is 0 Å². The number of Topliss-reactive ketones (excluding diaryl/α,β-unsaturated/α-hetero) is 1. The molecule has 2 heterocycles. The second kappa shape index (κ2) is 5.66. The average molecular weight is 363 g/mol. The van der Waals surface area contributed by atoms with Gasteiger partial charge in [0.1, 0.15) is 0 Å². The second-order valence-corrected chi connectivity index (χ2v) is 6.23. The van der Waals surface area contributed by atoms with E-state index in [1.807, 2.05) is 31.3 Å². The standard InChI is InChI=1S/C15H15BrN4O2/c1-18(7-10-6-17-19(2)8-10)9-20-12-5-3-4-11(16)13(12)14(21)15(20)22/h3-6,8H,7,9H2,1-2H3. The van der Waals surface area contributed by atoms with Gasteiger partial charge in [0.2, 0.25) is 0 Å². The maximum atomic E-state index is 12.2. The molecule has 114 valence electrons. The van der Waals surface area contributed by atoms with Crippen LogP contribution in [0.25, 0.3) is 0 Å². The number of rotatable bonds is 4. The van der Waals surface area contributed by atoms with Crippen LogP contribution in [0.15, 0.2) is 35.1 Å². The Morgan fingerprint density at radius 1 is 1.32 bits per heavy atom. The normalized spacial score (nSPS) is 14.1. The zero-order valence-electron chi connectivity index (χ0n) is 12.3. The molecule has 0 saturated carbocycles. The van der Waals surface area contributed by atoms with Crippen LogP contribution in [0.3, 0.4) is 0 Å². The molecule has 1 aromatic carbocycles. The van der Waals surface area contributed by atoms with E-state index >= 15 is 0 Å². The zero-order chi connectivity index (χ0) is 15.9. The van der Waals surface area contributed by atoms with Crippen molar-refractivity contribution in [1.82, 2.24) is 14.7 Å². The van der Waals surface area contributed by atoms with Gasteiger partial charge in [-0.2, -0.15) is 5.10 Å². The van der Waals surface area contributed by atoms with Crippen LogP contribution in [0.4, 0.5) is 5.69 Å². The van der Waals surface area contributed by atoms with E-state index in [2.05, 4.69) is 21.0 Å². The maximum absolute atomic E-state index is 12.2. The van der Waals surface area contributed by atoms with Gasteiger partial charge in [-0.3, -0.25) is 24.1 Å². The molecule has 7 heteroatoms. The minimum Gasteiger partial charge on any atom is -0.291 e. The molecule has 0 bridgehead atoms. The molecule has 22 heavy (non-hydrogen) atoms. The topological polar surface area (TPSA) is 58.4 Å². The van der Waals surface area contributed by atoms with Crippen LogP contribution in [-0.2, 0) is 18.4 Å². The quantitative estimate of drug-likeness (QED) is 0.778. The number of halogens is 1. The summed E-state index contributed by atoms with van der Waals surface area (Å²) in [5, 5.41) is 4.13. The summed E-state index contributed by atoms with van der Waals surface area (Å²) in [4.78, 5) is 27.8. The SMILES string of the molecule is CN(Cc1cnn(C)c1)CN1C(=O)C(=O)c2c(Br)cccc21. The van der Waals surface area contributed by atoms with Crippen molar-refractivity contribution < 1.29 is 9.59 Å². The highest BCUT2D eigenvalue weighted by atomic mass is 79.9. The van der Waals surface area contributed by atoms with Gasteiger partial charge < -0.3 is 0 Å². The smallest absolute Gasteiger partial charge is 0.291 e. The van der Waals surface area contributed by atoms with Gasteiger partial charge in [0.25, 0.3) is 5.78 Å². The number of amides is 1. The fraction of sp³-hybridized carbons (Fsp3) is 0.267. The predicted molar refractivity (Wildman–Crippen MR) is 85.5 cm³/mol. The van der Waals surface area contributed by atoms with Crippen molar-refractivity contribution in [2.45, 2.75) is 6.54 Å². The molecule has 0 fully saturated rings. The Kier molecular flexibility index (Phi) is 3.84. The Morgan fingerprint density at radius 2 is 2.09 bits per heavy atom. The van der Waals surface area contributed by atoms with Gasteiger partial charge >= 0.3 is 5.91 Å². The maximum Gasteiger partial charge on any atom is 0.300 e. The minimum atomic E-state index is -0.486. The number of carbonyl (C=O) groups excluding carboxylic acids is 2. The summed E-state index contributed by atoms with van der Waals surface area (Å²) < 4.78 is 2.39. The number of anilines is 1. The van der Waals surface area contributed by atoms with Gasteiger partial charge in [-0.15, -0.1) is 0 Å². The first-order chi connectivity index (χ1) is 10.5. The highest BCUT2D eigenvalue weighted by Gasteiger charge is 2.37. The van der Waals surface area contributed by atoms with Crippen LogP contribution < -0.4 is 4.90 Å². The van der Waals surface area contributed by atoms with Gasteiger partial charge in [-0.1, -0.05) is 6.07 Å². The number of benzene rings is 1. The highest BCUT2D eigenvalue weighted by molar-refractivity contribution is 9.10. The Balaban J connectivity index is 1.80. The number of fused-ring (bicyclic) bond motifs is 1. The third kappa shape index (κ3) is 2.57. The van der Waals surface area contributed by atoms with Crippen LogP contribution >= 0.6 is 15.9 Å². The summed E-state index contributed by atoms with van der Waals surface area (Å²) in [5.74, 6) is -0.947. The second-order valence-electron chi connectivity index (χ2n) is 5.37. The van der Waals surface area contributed by atoms with E-state index in [4.69, 9.17) is 0 Å². The number of hydrogen-bond acceptors (Lipinski definition) is 4. The number of aryl methyl sites for hydroxylation is 1. The van der Waals surface area contributed by atoms with Crippen molar-refractivity contribution in [2.75, 3.05) is 18.6 Å². The van der Waals surface area contributed by atoms with Crippen LogP contribution in [0, 0.1) is 0 Å². The number of aromatic nitrogens is 2. The molecule has 0 aliphatic carbocycles. The molecule has 0 saturated heterocycles. The molecular formula is C15H15BrN4O2. The Hall–Kier alpha value is -1.99. The first-order valence-corrected chi connectivity index (χ1v) is 7.57. The summed E-state index contributed by atoms with van der Waals surface area (Å²) in [6, 6.07) is 5.39. The molecule has 0 unspecified atom stereocenters. The molecule has 6 nitrogen and oxygen atoms in total. The molecule has 0 spiro atoms. The van der Waals surface area contributed by atoms with E-state index in [1.165, 1.54) is 4.90 Å². The molecular weight excluding hydrogens is 348 g/mol. The fourth-order valence-corrected chi connectivity index (χ4v) is 3.13. The van der Waals surface area contributed by atoms with E-state index in [0.717, 1.165) is 5.56 Å². The van der Waals surface area contributed by atoms with E-state index < -0.39 is 11.7 Å². The van der Waals surface area contributed by atoms with Gasteiger partial charge in [0.15, 0.2) is 0 Å². The predicted octanol–water partition coefficient (Wildman–Crippen LogP) is 1.80. The van der Waals surface area contributed by atoms with Gasteiger partial charge in [0, 0.05) is 29.8 Å². The largest absolute Gasteiger partial charge is 0.300 e. The lowest BCUT2D eigenvalue weighted by molar-refractivity contribution is -0.114. The van der Waals surface area contributed by atoms with Gasteiger partial charge in [0.05, 0.1) is 24.1 Å². The molecule has 0 atom stereocenters. The van der Waals surface area contributed by atoms with E-state index in [0.29, 0.717) is 28.9 Å². The molecule has 3 rings (SSSR count). The summed E-state index contributed by atoms with van der Waals surface area (Å²) in [5.41, 5.74) is 2.15. The fourth-order valence-electron chi connectivity index (χ4n) is 2.60. The van der Waals surface area contributed by atoms with Crippen molar-refractivity contribution in [1.29, 1.82) is 0 Å². The Morgan fingerprint density at radius 3 is 2.77 bits per heavy atom.